The van der Waals surface area contributed by atoms with Crippen molar-refractivity contribution in [2.75, 3.05) is 0 Å². The van der Waals surface area contributed by atoms with E-state index in [2.05, 4.69) is 49.7 Å². The Balaban J connectivity index is 2.69. The average molecular weight is 275 g/mol. The normalized spacial score (nSPS) is 15.5. The van der Waals surface area contributed by atoms with E-state index in [1.54, 1.807) is 0 Å². The second-order valence-corrected chi connectivity index (χ2v) is 6.65. The maximum Gasteiger partial charge on any atom is 0.0408 e. The highest BCUT2D eigenvalue weighted by Gasteiger charge is 2.14. The Labute approximate surface area is 99.9 Å². The number of hydrogen-bond acceptors (Lipinski definition) is 1. The van der Waals surface area contributed by atoms with Gasteiger partial charge in [-0.25, -0.2) is 0 Å². The first-order valence-electron chi connectivity index (χ1n) is 5.25. The fourth-order valence-electron chi connectivity index (χ4n) is 1.61. The Morgan fingerprint density at radius 1 is 1.43 bits per heavy atom. The fraction of sp³-hybridized carbons (Fsp3) is 0.667. The standard InChI is InChI=1S/C12H19BrS/c1-5-8(2)6-12(13)11-7-9(3)14-10(11)4/h7-8,12H,5-6H2,1-4H3. The smallest absolute Gasteiger partial charge is 0.0408 e. The van der Waals surface area contributed by atoms with Crippen LogP contribution in [0.25, 0.3) is 0 Å². The van der Waals surface area contributed by atoms with Crippen molar-refractivity contribution in [2.45, 2.75) is 45.4 Å². The van der Waals surface area contributed by atoms with Crippen LogP contribution in [0.1, 0.15) is 46.8 Å². The van der Waals surface area contributed by atoms with Gasteiger partial charge in [0.2, 0.25) is 0 Å². The molecule has 0 aromatic carbocycles. The lowest BCUT2D eigenvalue weighted by atomic mass is 9.99. The van der Waals surface area contributed by atoms with E-state index >= 15 is 0 Å². The summed E-state index contributed by atoms with van der Waals surface area (Å²) in [7, 11) is 0. The molecule has 14 heavy (non-hydrogen) atoms. The molecule has 80 valence electrons. The zero-order valence-electron chi connectivity index (χ0n) is 9.43. The molecule has 0 saturated heterocycles. The molecule has 0 N–H and O–H groups in total. The molecular formula is C12H19BrS. The molecule has 0 bridgehead atoms. The molecule has 1 aromatic heterocycles. The molecule has 0 spiro atoms. The third-order valence-electron chi connectivity index (χ3n) is 2.72. The summed E-state index contributed by atoms with van der Waals surface area (Å²) in [5, 5.41) is 0. The molecule has 0 aliphatic carbocycles. The molecule has 2 unspecified atom stereocenters. The van der Waals surface area contributed by atoms with E-state index in [-0.39, 0.29) is 0 Å². The van der Waals surface area contributed by atoms with Gasteiger partial charge in [-0.3, -0.25) is 0 Å². The molecular weight excluding hydrogens is 256 g/mol. The van der Waals surface area contributed by atoms with Gasteiger partial charge in [-0.2, -0.15) is 0 Å². The van der Waals surface area contributed by atoms with Crippen LogP contribution >= 0.6 is 27.3 Å². The second-order valence-electron chi connectivity index (χ2n) is 4.09. The van der Waals surface area contributed by atoms with E-state index in [0.29, 0.717) is 4.83 Å². The number of hydrogen-bond donors (Lipinski definition) is 0. The molecule has 0 fully saturated rings. The molecule has 2 atom stereocenters. The zero-order valence-corrected chi connectivity index (χ0v) is 11.8. The summed E-state index contributed by atoms with van der Waals surface area (Å²) in [6.45, 7) is 8.99. The largest absolute Gasteiger partial charge is 0.146 e. The Morgan fingerprint density at radius 3 is 2.50 bits per heavy atom. The van der Waals surface area contributed by atoms with Gasteiger partial charge in [-0.15, -0.1) is 11.3 Å². The van der Waals surface area contributed by atoms with Gasteiger partial charge >= 0.3 is 0 Å². The van der Waals surface area contributed by atoms with Crippen molar-refractivity contribution in [2.24, 2.45) is 5.92 Å². The second kappa shape index (κ2) is 5.32. The summed E-state index contributed by atoms with van der Waals surface area (Å²) >= 11 is 5.70. The Kier molecular flexibility index (Phi) is 4.65. The van der Waals surface area contributed by atoms with Crippen molar-refractivity contribution in [1.29, 1.82) is 0 Å². The van der Waals surface area contributed by atoms with Crippen molar-refractivity contribution in [1.82, 2.24) is 0 Å². The van der Waals surface area contributed by atoms with Gasteiger partial charge < -0.3 is 0 Å². The lowest BCUT2D eigenvalue weighted by Gasteiger charge is -2.14. The van der Waals surface area contributed by atoms with Gasteiger partial charge in [0.25, 0.3) is 0 Å². The number of thiophene rings is 1. The highest BCUT2D eigenvalue weighted by atomic mass is 79.9. The number of rotatable bonds is 4. The predicted octanol–water partition coefficient (Wildman–Crippen LogP) is 5.24. The Morgan fingerprint density at radius 2 is 2.07 bits per heavy atom. The van der Waals surface area contributed by atoms with Crippen LogP contribution in [0.15, 0.2) is 6.07 Å². The molecule has 0 nitrogen and oxygen atoms in total. The minimum absolute atomic E-state index is 0.544. The quantitative estimate of drug-likeness (QED) is 0.659. The SMILES string of the molecule is CCC(C)CC(Br)c1cc(C)sc1C. The molecule has 1 aromatic rings. The predicted molar refractivity (Wildman–Crippen MR) is 69.5 cm³/mol. The average Bonchev–Trinajstić information content (AvgIpc) is 2.45. The van der Waals surface area contributed by atoms with Gasteiger partial charge in [0.1, 0.15) is 0 Å². The minimum atomic E-state index is 0.544. The van der Waals surface area contributed by atoms with Gasteiger partial charge in [0, 0.05) is 14.6 Å². The molecule has 0 aliphatic heterocycles. The van der Waals surface area contributed by atoms with Crippen LogP contribution in [0.2, 0.25) is 0 Å². The van der Waals surface area contributed by atoms with E-state index < -0.39 is 0 Å². The van der Waals surface area contributed by atoms with Gasteiger partial charge in [-0.1, -0.05) is 36.2 Å². The first kappa shape index (κ1) is 12.3. The summed E-state index contributed by atoms with van der Waals surface area (Å²) in [5.74, 6) is 0.805. The van der Waals surface area contributed by atoms with Crippen LogP contribution in [0.5, 0.6) is 0 Å². The number of aryl methyl sites for hydroxylation is 2. The van der Waals surface area contributed by atoms with Crippen molar-refractivity contribution in [3.8, 4) is 0 Å². The van der Waals surface area contributed by atoms with E-state index in [1.807, 2.05) is 11.3 Å². The van der Waals surface area contributed by atoms with Crippen molar-refractivity contribution >= 4 is 27.3 Å². The van der Waals surface area contributed by atoms with Gasteiger partial charge in [0.05, 0.1) is 0 Å². The molecule has 1 heterocycles. The van der Waals surface area contributed by atoms with Crippen LogP contribution in [0, 0.1) is 19.8 Å². The summed E-state index contributed by atoms with van der Waals surface area (Å²) in [6, 6.07) is 2.32. The highest BCUT2D eigenvalue weighted by Crippen LogP contribution is 2.36. The van der Waals surface area contributed by atoms with Crippen molar-refractivity contribution < 1.29 is 0 Å². The molecule has 1 rings (SSSR count). The molecule has 0 amide bonds. The summed E-state index contributed by atoms with van der Waals surface area (Å²) in [6.07, 6.45) is 2.51. The lowest BCUT2D eigenvalue weighted by Crippen LogP contribution is -1.98. The van der Waals surface area contributed by atoms with E-state index in [0.717, 1.165) is 5.92 Å². The van der Waals surface area contributed by atoms with Crippen LogP contribution in [0.3, 0.4) is 0 Å². The van der Waals surface area contributed by atoms with Gasteiger partial charge in [0.15, 0.2) is 0 Å². The van der Waals surface area contributed by atoms with Crippen LogP contribution in [-0.2, 0) is 0 Å². The van der Waals surface area contributed by atoms with E-state index in [1.165, 1.54) is 28.2 Å². The third kappa shape index (κ3) is 3.09. The monoisotopic (exact) mass is 274 g/mol. The first-order valence-corrected chi connectivity index (χ1v) is 6.98. The van der Waals surface area contributed by atoms with Gasteiger partial charge in [-0.05, 0) is 37.8 Å². The number of halogens is 1. The van der Waals surface area contributed by atoms with Crippen molar-refractivity contribution in [3.63, 3.8) is 0 Å². The first-order chi connectivity index (χ1) is 6.54. The fourth-order valence-corrected chi connectivity index (χ4v) is 3.86. The van der Waals surface area contributed by atoms with Crippen LogP contribution < -0.4 is 0 Å². The summed E-state index contributed by atoms with van der Waals surface area (Å²) in [5.41, 5.74) is 1.49. The third-order valence-corrected chi connectivity index (χ3v) is 4.57. The Bertz CT molecular complexity index is 291. The Hall–Kier alpha value is 0.180. The molecule has 0 aliphatic rings. The number of alkyl halides is 1. The minimum Gasteiger partial charge on any atom is -0.146 e. The topological polar surface area (TPSA) is 0 Å². The highest BCUT2D eigenvalue weighted by molar-refractivity contribution is 9.09. The molecule has 0 saturated carbocycles. The molecule has 0 radical (unpaired) electrons. The summed E-state index contributed by atoms with van der Waals surface area (Å²) in [4.78, 5) is 3.43. The van der Waals surface area contributed by atoms with Crippen molar-refractivity contribution in [3.05, 3.63) is 21.4 Å². The lowest BCUT2D eigenvalue weighted by molar-refractivity contribution is 0.514. The zero-order chi connectivity index (χ0) is 10.7. The maximum atomic E-state index is 3.80. The summed E-state index contributed by atoms with van der Waals surface area (Å²) < 4.78 is 0. The molecule has 2 heteroatoms. The van der Waals surface area contributed by atoms with E-state index in [9.17, 15) is 0 Å². The van der Waals surface area contributed by atoms with Crippen LogP contribution in [-0.4, -0.2) is 0 Å². The van der Waals surface area contributed by atoms with Crippen LogP contribution in [0.4, 0.5) is 0 Å². The van der Waals surface area contributed by atoms with E-state index in [4.69, 9.17) is 0 Å². The maximum absolute atomic E-state index is 3.80.